The summed E-state index contributed by atoms with van der Waals surface area (Å²) in [6.07, 6.45) is 8.45. The molecule has 1 aromatic rings. The van der Waals surface area contributed by atoms with Gasteiger partial charge in [0, 0.05) is 45.1 Å². The number of carbonyl (C=O) groups excluding carboxylic acids is 1. The number of piperazine rings is 1. The quantitative estimate of drug-likeness (QED) is 0.806. The molecule has 136 valence electrons. The Morgan fingerprint density at radius 3 is 2.64 bits per heavy atom. The smallest absolute Gasteiger partial charge is 0.237 e. The van der Waals surface area contributed by atoms with Crippen LogP contribution in [0.3, 0.4) is 0 Å². The van der Waals surface area contributed by atoms with E-state index >= 15 is 0 Å². The third kappa shape index (κ3) is 3.77. The summed E-state index contributed by atoms with van der Waals surface area (Å²) >= 11 is 0. The number of aromatic nitrogens is 2. The summed E-state index contributed by atoms with van der Waals surface area (Å²) in [6.45, 7) is 5.44. The van der Waals surface area contributed by atoms with Gasteiger partial charge in [0.1, 0.15) is 0 Å². The van der Waals surface area contributed by atoms with Gasteiger partial charge in [-0.2, -0.15) is 0 Å². The molecule has 0 bridgehead atoms. The van der Waals surface area contributed by atoms with E-state index in [2.05, 4.69) is 24.7 Å². The van der Waals surface area contributed by atoms with E-state index < -0.39 is 0 Å². The lowest BCUT2D eigenvalue weighted by molar-refractivity contribution is -0.150. The van der Waals surface area contributed by atoms with E-state index in [1.54, 1.807) is 12.4 Å². The molecule has 25 heavy (non-hydrogen) atoms. The fourth-order valence-corrected chi connectivity index (χ4v) is 4.25. The molecule has 0 spiro atoms. The molecule has 2 saturated heterocycles. The molecule has 2 atom stereocenters. The van der Waals surface area contributed by atoms with Crippen LogP contribution in [-0.4, -0.2) is 83.7 Å². The van der Waals surface area contributed by atoms with Gasteiger partial charge in [-0.05, 0) is 18.9 Å². The Kier molecular flexibility index (Phi) is 5.12. The highest BCUT2D eigenvalue weighted by Gasteiger charge is 2.37. The maximum atomic E-state index is 12.9. The van der Waals surface area contributed by atoms with Crippen molar-refractivity contribution in [3.05, 3.63) is 18.5 Å². The second kappa shape index (κ2) is 7.66. The van der Waals surface area contributed by atoms with Gasteiger partial charge in [0.25, 0.3) is 0 Å². The number of amides is 1. The molecule has 1 saturated carbocycles. The van der Waals surface area contributed by atoms with Crippen molar-refractivity contribution in [2.45, 2.75) is 37.8 Å². The minimum absolute atomic E-state index is 0.263. The Bertz CT molecular complexity index is 574. The molecule has 1 amide bonds. The molecule has 0 N–H and O–H groups in total. The lowest BCUT2D eigenvalue weighted by Gasteiger charge is -2.44. The number of hydrogen-bond donors (Lipinski definition) is 0. The van der Waals surface area contributed by atoms with E-state index in [1.165, 1.54) is 12.8 Å². The van der Waals surface area contributed by atoms with Crippen LogP contribution in [0.25, 0.3) is 0 Å². The van der Waals surface area contributed by atoms with Gasteiger partial charge in [-0.15, -0.1) is 0 Å². The number of ether oxygens (including phenoxy) is 1. The van der Waals surface area contributed by atoms with Gasteiger partial charge >= 0.3 is 0 Å². The van der Waals surface area contributed by atoms with Crippen LogP contribution in [0, 0.1) is 0 Å². The number of anilines is 1. The average molecular weight is 345 g/mol. The third-order valence-corrected chi connectivity index (χ3v) is 5.62. The largest absolute Gasteiger partial charge is 0.374 e. The zero-order valence-corrected chi connectivity index (χ0v) is 14.7. The van der Waals surface area contributed by atoms with Crippen molar-refractivity contribution >= 4 is 11.9 Å². The highest BCUT2D eigenvalue weighted by Crippen LogP contribution is 2.28. The van der Waals surface area contributed by atoms with Crippen LogP contribution in [0.4, 0.5) is 5.95 Å². The zero-order chi connectivity index (χ0) is 17.1. The summed E-state index contributed by atoms with van der Waals surface area (Å²) < 4.78 is 5.89. The van der Waals surface area contributed by atoms with Crippen LogP contribution >= 0.6 is 0 Å². The molecular formula is C18H27N5O2. The highest BCUT2D eigenvalue weighted by atomic mass is 16.5. The maximum absolute atomic E-state index is 12.9. The number of hydrogen-bond acceptors (Lipinski definition) is 6. The highest BCUT2D eigenvalue weighted by molar-refractivity contribution is 5.79. The van der Waals surface area contributed by atoms with Crippen LogP contribution < -0.4 is 4.90 Å². The molecule has 7 nitrogen and oxygen atoms in total. The second-order valence-corrected chi connectivity index (χ2v) is 7.16. The molecule has 0 aromatic carbocycles. The predicted octanol–water partition coefficient (Wildman–Crippen LogP) is 0.769. The van der Waals surface area contributed by atoms with E-state index in [9.17, 15) is 4.79 Å². The van der Waals surface area contributed by atoms with E-state index in [4.69, 9.17) is 4.74 Å². The van der Waals surface area contributed by atoms with Crippen LogP contribution in [0.2, 0.25) is 0 Å². The first kappa shape index (κ1) is 16.7. The Labute approximate surface area is 149 Å². The topological polar surface area (TPSA) is 61.8 Å². The van der Waals surface area contributed by atoms with Crippen molar-refractivity contribution in [3.8, 4) is 0 Å². The van der Waals surface area contributed by atoms with Crippen LogP contribution in [0.5, 0.6) is 0 Å². The van der Waals surface area contributed by atoms with Crippen molar-refractivity contribution in [2.24, 2.45) is 0 Å². The van der Waals surface area contributed by atoms with Crippen molar-refractivity contribution < 1.29 is 9.53 Å². The summed E-state index contributed by atoms with van der Waals surface area (Å²) in [4.78, 5) is 28.0. The molecular weight excluding hydrogens is 318 g/mol. The van der Waals surface area contributed by atoms with Gasteiger partial charge in [-0.1, -0.05) is 12.8 Å². The molecule has 2 unspecified atom stereocenters. The van der Waals surface area contributed by atoms with Crippen molar-refractivity contribution in [3.63, 3.8) is 0 Å². The lowest BCUT2D eigenvalue weighted by Crippen LogP contribution is -2.58. The Balaban J connectivity index is 1.30. The van der Waals surface area contributed by atoms with Gasteiger partial charge in [0.2, 0.25) is 11.9 Å². The van der Waals surface area contributed by atoms with Gasteiger partial charge in [-0.25, -0.2) is 9.97 Å². The third-order valence-electron chi connectivity index (χ3n) is 5.62. The number of carbonyl (C=O) groups is 1. The van der Waals surface area contributed by atoms with E-state index in [0.29, 0.717) is 19.2 Å². The summed E-state index contributed by atoms with van der Waals surface area (Å²) in [5.41, 5.74) is 0. The minimum Gasteiger partial charge on any atom is -0.374 e. The summed E-state index contributed by atoms with van der Waals surface area (Å²) in [5, 5.41) is 0. The second-order valence-electron chi connectivity index (χ2n) is 7.16. The first-order chi connectivity index (χ1) is 12.3. The molecule has 4 rings (SSSR count). The predicted molar refractivity (Wildman–Crippen MR) is 94.4 cm³/mol. The van der Waals surface area contributed by atoms with Crippen molar-refractivity contribution in [2.75, 3.05) is 50.8 Å². The van der Waals surface area contributed by atoms with Crippen molar-refractivity contribution in [1.29, 1.82) is 0 Å². The molecule has 1 aliphatic carbocycles. The molecule has 2 aliphatic heterocycles. The number of fused-ring (bicyclic) bond motifs is 1. The van der Waals surface area contributed by atoms with Gasteiger partial charge in [0.15, 0.2) is 0 Å². The van der Waals surface area contributed by atoms with Crippen LogP contribution in [-0.2, 0) is 9.53 Å². The normalized spacial score (nSPS) is 27.8. The fraction of sp³-hybridized carbons (Fsp3) is 0.722. The zero-order valence-electron chi connectivity index (χ0n) is 14.7. The average Bonchev–Trinajstić information content (AvgIpc) is 2.69. The Hall–Kier alpha value is -1.73. The van der Waals surface area contributed by atoms with Gasteiger partial charge < -0.3 is 14.5 Å². The van der Waals surface area contributed by atoms with E-state index in [-0.39, 0.29) is 12.0 Å². The number of rotatable bonds is 3. The first-order valence-electron chi connectivity index (χ1n) is 9.46. The summed E-state index contributed by atoms with van der Waals surface area (Å²) in [6, 6.07) is 2.13. The van der Waals surface area contributed by atoms with Gasteiger partial charge in [0.05, 0.1) is 25.3 Å². The molecule has 0 radical (unpaired) electrons. The number of morpholine rings is 1. The lowest BCUT2D eigenvalue weighted by atomic mass is 9.90. The van der Waals surface area contributed by atoms with Gasteiger partial charge in [-0.3, -0.25) is 9.69 Å². The molecule has 3 fully saturated rings. The number of nitrogens with zero attached hydrogens (tertiary/aromatic N) is 5. The summed E-state index contributed by atoms with van der Waals surface area (Å²) in [7, 11) is 0. The van der Waals surface area contributed by atoms with Crippen LogP contribution in [0.1, 0.15) is 25.7 Å². The molecule has 1 aromatic heterocycles. The molecule has 3 heterocycles. The van der Waals surface area contributed by atoms with Crippen molar-refractivity contribution in [1.82, 2.24) is 19.8 Å². The SMILES string of the molecule is O=C(CN1CCN(c2ncccn2)CC1)N1CCOC2CCCCC21. The Morgan fingerprint density at radius 1 is 1.08 bits per heavy atom. The summed E-state index contributed by atoms with van der Waals surface area (Å²) in [5.74, 6) is 1.05. The molecule has 7 heteroatoms. The maximum Gasteiger partial charge on any atom is 0.237 e. The standard InChI is InChI=1S/C18H27N5O2/c24-17(23-12-13-25-16-5-2-1-4-15(16)23)14-21-8-10-22(11-9-21)18-19-6-3-7-20-18/h3,6-7,15-16H,1-2,4-5,8-14H2. The van der Waals surface area contributed by atoms with E-state index in [1.807, 2.05) is 6.07 Å². The fourth-order valence-electron chi connectivity index (χ4n) is 4.25. The minimum atomic E-state index is 0.263. The van der Waals surface area contributed by atoms with Crippen LogP contribution in [0.15, 0.2) is 18.5 Å². The first-order valence-corrected chi connectivity index (χ1v) is 9.46. The molecule has 3 aliphatic rings. The monoisotopic (exact) mass is 345 g/mol. The van der Waals surface area contributed by atoms with E-state index in [0.717, 1.165) is 51.5 Å². The Morgan fingerprint density at radius 2 is 1.84 bits per heavy atom.